The lowest BCUT2D eigenvalue weighted by molar-refractivity contribution is 0.0690. The molecule has 6 heteroatoms. The summed E-state index contributed by atoms with van der Waals surface area (Å²) in [5.74, 6) is 0.191. The third kappa shape index (κ3) is 3.25. The second-order valence-electron chi connectivity index (χ2n) is 3.75. The van der Waals surface area contributed by atoms with Crippen molar-refractivity contribution in [3.8, 4) is 11.5 Å². The summed E-state index contributed by atoms with van der Waals surface area (Å²) in [6.45, 7) is 2.64. The Labute approximate surface area is 110 Å². The van der Waals surface area contributed by atoms with Crippen molar-refractivity contribution in [3.05, 3.63) is 41.7 Å². The second-order valence-corrected chi connectivity index (χ2v) is 3.75. The van der Waals surface area contributed by atoms with Crippen molar-refractivity contribution in [1.29, 1.82) is 0 Å². The van der Waals surface area contributed by atoms with Gasteiger partial charge in [-0.2, -0.15) is 5.10 Å². The normalized spacial score (nSPS) is 10.2. The number of aromatic nitrogens is 2. The number of rotatable bonds is 6. The molecule has 0 amide bonds. The molecule has 0 aliphatic carbocycles. The number of hydrogen-bond acceptors (Lipinski definition) is 4. The molecule has 0 aliphatic heterocycles. The molecule has 2 rings (SSSR count). The summed E-state index contributed by atoms with van der Waals surface area (Å²) in [4.78, 5) is 10.7. The van der Waals surface area contributed by atoms with Crippen LogP contribution in [0.4, 0.5) is 0 Å². The number of carbonyl (C=O) groups is 1. The van der Waals surface area contributed by atoms with Crippen LogP contribution in [0.5, 0.6) is 11.5 Å². The molecule has 0 saturated heterocycles. The molecular formula is C13H14N2O4. The lowest BCUT2D eigenvalue weighted by atomic mass is 10.3. The summed E-state index contributed by atoms with van der Waals surface area (Å²) < 4.78 is 11.0. The molecule has 0 atom stereocenters. The van der Waals surface area contributed by atoms with Crippen LogP contribution in [-0.4, -0.2) is 27.9 Å². The minimum absolute atomic E-state index is 0.0308. The van der Waals surface area contributed by atoms with E-state index in [2.05, 4.69) is 10.2 Å². The molecule has 6 nitrogen and oxygen atoms in total. The molecule has 0 radical (unpaired) electrons. The van der Waals surface area contributed by atoms with Crippen LogP contribution in [0.2, 0.25) is 0 Å². The molecule has 0 spiro atoms. The number of H-pyrrole nitrogens is 1. The molecular weight excluding hydrogens is 248 g/mol. The van der Waals surface area contributed by atoms with Gasteiger partial charge in [0.15, 0.2) is 17.2 Å². The predicted octanol–water partition coefficient (Wildman–Crippen LogP) is 2.09. The van der Waals surface area contributed by atoms with E-state index in [1.807, 2.05) is 25.1 Å². The van der Waals surface area contributed by atoms with Crippen molar-refractivity contribution in [2.75, 3.05) is 6.61 Å². The molecule has 2 N–H and O–H groups in total. The molecule has 0 aliphatic rings. The van der Waals surface area contributed by atoms with Crippen molar-refractivity contribution in [3.63, 3.8) is 0 Å². The van der Waals surface area contributed by atoms with E-state index in [-0.39, 0.29) is 12.3 Å². The van der Waals surface area contributed by atoms with Gasteiger partial charge in [-0.05, 0) is 25.1 Å². The summed E-state index contributed by atoms with van der Waals surface area (Å²) in [6, 6.07) is 8.74. The Balaban J connectivity index is 2.03. The maximum Gasteiger partial charge on any atom is 0.356 e. The van der Waals surface area contributed by atoms with E-state index in [0.717, 1.165) is 0 Å². The summed E-state index contributed by atoms with van der Waals surface area (Å²) in [5.41, 5.74) is 0.556. The number of nitrogens with zero attached hydrogens (tertiary/aromatic N) is 1. The highest BCUT2D eigenvalue weighted by Crippen LogP contribution is 2.26. The first kappa shape index (κ1) is 12.9. The number of nitrogens with one attached hydrogen (secondary N) is 1. The summed E-state index contributed by atoms with van der Waals surface area (Å²) in [5, 5.41) is 15.0. The predicted molar refractivity (Wildman–Crippen MR) is 67.5 cm³/mol. The van der Waals surface area contributed by atoms with Gasteiger partial charge >= 0.3 is 5.97 Å². The fourth-order valence-corrected chi connectivity index (χ4v) is 1.54. The van der Waals surface area contributed by atoms with Gasteiger partial charge in [0, 0.05) is 0 Å². The topological polar surface area (TPSA) is 84.4 Å². The highest BCUT2D eigenvalue weighted by atomic mass is 16.5. The number of aromatic amines is 1. The molecule has 2 aromatic rings. The van der Waals surface area contributed by atoms with Crippen molar-refractivity contribution in [2.45, 2.75) is 13.5 Å². The van der Waals surface area contributed by atoms with E-state index in [9.17, 15) is 4.79 Å². The Kier molecular flexibility index (Phi) is 4.02. The summed E-state index contributed by atoms with van der Waals surface area (Å²) in [6.07, 6.45) is 0. The zero-order chi connectivity index (χ0) is 13.7. The van der Waals surface area contributed by atoms with Crippen LogP contribution >= 0.6 is 0 Å². The van der Waals surface area contributed by atoms with E-state index in [0.29, 0.717) is 23.8 Å². The fraction of sp³-hybridized carbons (Fsp3) is 0.231. The SMILES string of the molecule is CCOc1ccccc1OCc1cc(C(=O)O)n[nH]1. The molecule has 19 heavy (non-hydrogen) atoms. The lowest BCUT2D eigenvalue weighted by Crippen LogP contribution is -1.99. The van der Waals surface area contributed by atoms with Gasteiger partial charge in [0.25, 0.3) is 0 Å². The fourth-order valence-electron chi connectivity index (χ4n) is 1.54. The monoisotopic (exact) mass is 262 g/mol. The quantitative estimate of drug-likeness (QED) is 0.832. The zero-order valence-electron chi connectivity index (χ0n) is 10.4. The summed E-state index contributed by atoms with van der Waals surface area (Å²) in [7, 11) is 0. The average molecular weight is 262 g/mol. The van der Waals surface area contributed by atoms with Crippen LogP contribution in [0.1, 0.15) is 23.1 Å². The molecule has 1 heterocycles. The smallest absolute Gasteiger partial charge is 0.356 e. The van der Waals surface area contributed by atoms with Crippen molar-refractivity contribution in [1.82, 2.24) is 10.2 Å². The summed E-state index contributed by atoms with van der Waals surface area (Å²) >= 11 is 0. The van der Waals surface area contributed by atoms with Crippen LogP contribution < -0.4 is 9.47 Å². The maximum absolute atomic E-state index is 10.7. The molecule has 1 aromatic heterocycles. The largest absolute Gasteiger partial charge is 0.490 e. The van der Waals surface area contributed by atoms with Crippen LogP contribution in [0.25, 0.3) is 0 Å². The first-order valence-electron chi connectivity index (χ1n) is 5.83. The minimum Gasteiger partial charge on any atom is -0.490 e. The molecule has 0 unspecified atom stereocenters. The zero-order valence-corrected chi connectivity index (χ0v) is 10.4. The van der Waals surface area contributed by atoms with Gasteiger partial charge in [0.2, 0.25) is 0 Å². The highest BCUT2D eigenvalue weighted by molar-refractivity contribution is 5.85. The number of hydrogen-bond donors (Lipinski definition) is 2. The standard InChI is InChI=1S/C13H14N2O4/c1-2-18-11-5-3-4-6-12(11)19-8-9-7-10(13(16)17)15-14-9/h3-7H,2,8H2,1H3,(H,14,15)(H,16,17). The van der Waals surface area contributed by atoms with Crippen molar-refractivity contribution >= 4 is 5.97 Å². The molecule has 100 valence electrons. The van der Waals surface area contributed by atoms with Crippen molar-refractivity contribution in [2.24, 2.45) is 0 Å². The third-order valence-electron chi connectivity index (χ3n) is 2.38. The molecule has 1 aromatic carbocycles. The number of carboxylic acid groups (broad SMARTS) is 1. The van der Waals surface area contributed by atoms with Crippen molar-refractivity contribution < 1.29 is 19.4 Å². The van der Waals surface area contributed by atoms with E-state index in [1.165, 1.54) is 6.07 Å². The third-order valence-corrected chi connectivity index (χ3v) is 2.38. The number of benzene rings is 1. The van der Waals surface area contributed by atoms with E-state index in [4.69, 9.17) is 14.6 Å². The Bertz CT molecular complexity index is 565. The van der Waals surface area contributed by atoms with Gasteiger partial charge in [-0.3, -0.25) is 5.10 Å². The van der Waals surface area contributed by atoms with Crippen LogP contribution in [0.15, 0.2) is 30.3 Å². The van der Waals surface area contributed by atoms with E-state index < -0.39 is 5.97 Å². The second kappa shape index (κ2) is 5.90. The Morgan fingerprint density at radius 1 is 1.32 bits per heavy atom. The van der Waals surface area contributed by atoms with Gasteiger partial charge in [0.1, 0.15) is 6.61 Å². The lowest BCUT2D eigenvalue weighted by Gasteiger charge is -2.10. The minimum atomic E-state index is -1.07. The Morgan fingerprint density at radius 3 is 2.58 bits per heavy atom. The number of ether oxygens (including phenoxy) is 2. The van der Waals surface area contributed by atoms with Crippen LogP contribution in [0, 0.1) is 0 Å². The highest BCUT2D eigenvalue weighted by Gasteiger charge is 2.09. The molecule has 0 saturated carbocycles. The Hall–Kier alpha value is -2.50. The van der Waals surface area contributed by atoms with E-state index >= 15 is 0 Å². The van der Waals surface area contributed by atoms with E-state index in [1.54, 1.807) is 6.07 Å². The number of para-hydroxylation sites is 2. The maximum atomic E-state index is 10.7. The first-order chi connectivity index (χ1) is 9.20. The average Bonchev–Trinajstić information content (AvgIpc) is 2.87. The van der Waals surface area contributed by atoms with Crippen LogP contribution in [-0.2, 0) is 6.61 Å². The number of aromatic carboxylic acids is 1. The van der Waals surface area contributed by atoms with Gasteiger partial charge in [-0.1, -0.05) is 12.1 Å². The van der Waals surface area contributed by atoms with Gasteiger partial charge in [-0.15, -0.1) is 0 Å². The number of carboxylic acids is 1. The van der Waals surface area contributed by atoms with Crippen LogP contribution in [0.3, 0.4) is 0 Å². The first-order valence-corrected chi connectivity index (χ1v) is 5.83. The Morgan fingerprint density at radius 2 is 2.00 bits per heavy atom. The van der Waals surface area contributed by atoms with Gasteiger partial charge < -0.3 is 14.6 Å². The molecule has 0 fully saturated rings. The molecule has 0 bridgehead atoms. The van der Waals surface area contributed by atoms with Gasteiger partial charge in [-0.25, -0.2) is 4.79 Å². The van der Waals surface area contributed by atoms with Gasteiger partial charge in [0.05, 0.1) is 12.3 Å².